The molecule has 8 heavy (non-hydrogen) atoms. The average Bonchev–Trinajstić information content (AvgIpc) is 1.68. The average molecular weight is 246 g/mol. The minimum absolute atomic E-state index is 0.399. The van der Waals surface area contributed by atoms with Crippen molar-refractivity contribution in [2.24, 2.45) is 0 Å². The van der Waals surface area contributed by atoms with Crippen molar-refractivity contribution in [2.45, 2.75) is 17.9 Å². The number of hydrogen-bond acceptors (Lipinski definition) is 2. The fraction of sp³-hybridized carbons (Fsp3) is 1.00. The Hall–Kier alpha value is 1.04. The molecule has 0 aromatic carbocycles. The third-order valence-corrected chi connectivity index (χ3v) is 3.58. The SMILES string of the molecule is CC[I-]C(C)NCS. The molecule has 0 heterocycles. The van der Waals surface area contributed by atoms with Crippen LogP contribution < -0.4 is 26.5 Å². The molecule has 0 aliphatic heterocycles. The summed E-state index contributed by atoms with van der Waals surface area (Å²) in [6, 6.07) is 0. The van der Waals surface area contributed by atoms with Crippen LogP contribution in [-0.2, 0) is 0 Å². The molecule has 0 aromatic heterocycles. The van der Waals surface area contributed by atoms with Crippen molar-refractivity contribution in [2.75, 3.05) is 10.3 Å². The van der Waals surface area contributed by atoms with Crippen LogP contribution in [-0.4, -0.2) is 14.4 Å². The maximum atomic E-state index is 4.06. The first-order valence-electron chi connectivity index (χ1n) is 2.73. The zero-order valence-electron chi connectivity index (χ0n) is 5.32. The van der Waals surface area contributed by atoms with E-state index in [0.29, 0.717) is 21.2 Å². The third-order valence-electron chi connectivity index (χ3n) is 0.758. The summed E-state index contributed by atoms with van der Waals surface area (Å²) in [5.41, 5.74) is 0. The number of rotatable bonds is 4. The van der Waals surface area contributed by atoms with E-state index in [-0.39, 0.29) is 0 Å². The Balaban J connectivity index is 2.92. The molecule has 1 nitrogen and oxygen atoms in total. The maximum absolute atomic E-state index is 4.06. The fourth-order valence-electron chi connectivity index (χ4n) is 0.412. The second-order valence-electron chi connectivity index (χ2n) is 1.40. The molecular formula is C5H13INS-. The van der Waals surface area contributed by atoms with Gasteiger partial charge in [-0.15, -0.1) is 0 Å². The van der Waals surface area contributed by atoms with Crippen LogP contribution in [0.3, 0.4) is 0 Å². The molecule has 0 radical (unpaired) electrons. The van der Waals surface area contributed by atoms with Crippen molar-refractivity contribution < 1.29 is 21.2 Å². The van der Waals surface area contributed by atoms with Crippen molar-refractivity contribution in [3.63, 3.8) is 0 Å². The van der Waals surface area contributed by atoms with E-state index in [0.717, 1.165) is 9.93 Å². The van der Waals surface area contributed by atoms with Gasteiger partial charge in [-0.05, 0) is 0 Å². The van der Waals surface area contributed by atoms with Gasteiger partial charge in [0.05, 0.1) is 0 Å². The van der Waals surface area contributed by atoms with Gasteiger partial charge < -0.3 is 0 Å². The van der Waals surface area contributed by atoms with Crippen molar-refractivity contribution >= 4 is 12.6 Å². The van der Waals surface area contributed by atoms with Crippen LogP contribution in [0.5, 0.6) is 0 Å². The first-order chi connectivity index (χ1) is 3.81. The molecular weight excluding hydrogens is 233 g/mol. The van der Waals surface area contributed by atoms with Crippen molar-refractivity contribution in [1.82, 2.24) is 5.32 Å². The molecule has 0 bridgehead atoms. The topological polar surface area (TPSA) is 12.0 Å². The van der Waals surface area contributed by atoms with E-state index < -0.39 is 0 Å². The van der Waals surface area contributed by atoms with Crippen molar-refractivity contribution in [3.8, 4) is 0 Å². The van der Waals surface area contributed by atoms with Gasteiger partial charge in [0, 0.05) is 0 Å². The van der Waals surface area contributed by atoms with Crippen molar-refractivity contribution in [3.05, 3.63) is 0 Å². The summed E-state index contributed by atoms with van der Waals surface area (Å²) in [4.78, 5) is 0. The third kappa shape index (κ3) is 5.18. The van der Waals surface area contributed by atoms with Gasteiger partial charge in [-0.25, -0.2) is 0 Å². The van der Waals surface area contributed by atoms with E-state index in [1.807, 2.05) is 0 Å². The normalized spacial score (nSPS) is 14.4. The van der Waals surface area contributed by atoms with Gasteiger partial charge in [-0.2, -0.15) is 0 Å². The predicted octanol–water partition coefficient (Wildman–Crippen LogP) is -2.08. The van der Waals surface area contributed by atoms with E-state index >= 15 is 0 Å². The van der Waals surface area contributed by atoms with E-state index in [9.17, 15) is 0 Å². The van der Waals surface area contributed by atoms with Crippen LogP contribution in [0.15, 0.2) is 0 Å². The molecule has 0 aliphatic rings. The molecule has 52 valence electrons. The first-order valence-corrected chi connectivity index (χ1v) is 6.13. The van der Waals surface area contributed by atoms with E-state index in [2.05, 4.69) is 31.8 Å². The van der Waals surface area contributed by atoms with Gasteiger partial charge >= 0.3 is 67.4 Å². The molecule has 0 aliphatic carbocycles. The van der Waals surface area contributed by atoms with Crippen molar-refractivity contribution in [1.29, 1.82) is 0 Å². The zero-order chi connectivity index (χ0) is 6.41. The molecule has 1 unspecified atom stereocenters. The number of nitrogens with one attached hydrogen (secondary N) is 1. The van der Waals surface area contributed by atoms with Gasteiger partial charge in [0.15, 0.2) is 0 Å². The van der Waals surface area contributed by atoms with Crippen LogP contribution in [0.2, 0.25) is 0 Å². The minimum atomic E-state index is 0.399. The van der Waals surface area contributed by atoms with Crippen LogP contribution >= 0.6 is 12.6 Å². The van der Waals surface area contributed by atoms with E-state index in [1.54, 1.807) is 0 Å². The number of thiol groups is 1. The molecule has 1 N–H and O–H groups in total. The van der Waals surface area contributed by atoms with Gasteiger partial charge in [0.25, 0.3) is 0 Å². The molecule has 0 saturated carbocycles. The van der Waals surface area contributed by atoms with Gasteiger partial charge in [0.2, 0.25) is 0 Å². The monoisotopic (exact) mass is 246 g/mol. The molecule has 0 spiro atoms. The number of halogens is 1. The molecule has 0 fully saturated rings. The summed E-state index contributed by atoms with van der Waals surface area (Å²) >= 11 is 4.46. The number of hydrogen-bond donors (Lipinski definition) is 2. The van der Waals surface area contributed by atoms with E-state index in [1.165, 1.54) is 4.43 Å². The second kappa shape index (κ2) is 6.16. The van der Waals surface area contributed by atoms with Gasteiger partial charge in [-0.3, -0.25) is 0 Å². The Morgan fingerprint density at radius 1 is 1.75 bits per heavy atom. The Kier molecular flexibility index (Phi) is 6.97. The number of alkyl halides is 2. The predicted molar refractivity (Wildman–Crippen MR) is 37.0 cm³/mol. The summed E-state index contributed by atoms with van der Waals surface area (Å²) in [6.45, 7) is 4.47. The van der Waals surface area contributed by atoms with Crippen LogP contribution in [0.25, 0.3) is 0 Å². The zero-order valence-corrected chi connectivity index (χ0v) is 8.37. The molecule has 0 aromatic rings. The van der Waals surface area contributed by atoms with E-state index in [4.69, 9.17) is 0 Å². The molecule has 3 heteroatoms. The summed E-state index contributed by atoms with van der Waals surface area (Å²) in [7, 11) is 0. The quantitative estimate of drug-likeness (QED) is 0.191. The molecule has 0 rings (SSSR count). The molecule has 0 amide bonds. The summed E-state index contributed by atoms with van der Waals surface area (Å²) in [5, 5.41) is 3.26. The van der Waals surface area contributed by atoms with Gasteiger partial charge in [-0.1, -0.05) is 0 Å². The Bertz CT molecular complexity index is 45.7. The Morgan fingerprint density at radius 2 is 2.38 bits per heavy atom. The Labute approximate surface area is 67.3 Å². The fourth-order valence-corrected chi connectivity index (χ4v) is 2.89. The second-order valence-corrected chi connectivity index (χ2v) is 5.99. The van der Waals surface area contributed by atoms with Crippen LogP contribution in [0.1, 0.15) is 13.8 Å². The summed E-state index contributed by atoms with van der Waals surface area (Å²) in [6.07, 6.45) is 0. The van der Waals surface area contributed by atoms with Crippen LogP contribution in [0.4, 0.5) is 0 Å². The summed E-state index contributed by atoms with van der Waals surface area (Å²) in [5.74, 6) is 0.820. The molecule has 0 saturated heterocycles. The summed E-state index contributed by atoms with van der Waals surface area (Å²) < 4.78 is 2.11. The first kappa shape index (κ1) is 9.04. The molecule has 1 atom stereocenters. The van der Waals surface area contributed by atoms with Crippen LogP contribution in [0, 0.1) is 0 Å². The van der Waals surface area contributed by atoms with Gasteiger partial charge in [0.1, 0.15) is 0 Å². The standard InChI is InChI=1S/C5H13INS/c1-3-6-5(2)7-4-8/h5,7-8H,3-4H2,1-2H3/q-1. The Morgan fingerprint density at radius 3 is 2.75 bits per heavy atom.